The lowest BCUT2D eigenvalue weighted by molar-refractivity contribution is -0.152. The van der Waals surface area contributed by atoms with Gasteiger partial charge in [-0.05, 0) is 53.6 Å². The first kappa shape index (κ1) is 29.8. The van der Waals surface area contributed by atoms with Gasteiger partial charge in [0.2, 0.25) is 0 Å². The van der Waals surface area contributed by atoms with Crippen molar-refractivity contribution in [3.05, 3.63) is 0 Å². The van der Waals surface area contributed by atoms with Crippen molar-refractivity contribution in [2.75, 3.05) is 39.5 Å². The molecule has 10 nitrogen and oxygen atoms in total. The molecule has 0 aliphatic heterocycles. The number of esters is 4. The largest absolute Gasteiger partial charge is 0.466 e. The van der Waals surface area contributed by atoms with Crippen molar-refractivity contribution in [1.29, 1.82) is 0 Å². The molecule has 0 fully saturated rings. The standard InChI is InChI=1S/C22H40N2O8/c1-5-29-19(25)15-17(21(27)31-7-3)23-13-11-9-10-12-14-24-18(22(28)32-8-4)16-20(26)30-6-2/h17-18,23-24H,5-16H2,1-4H3. The fraction of sp³-hybridized carbons (Fsp3) is 0.818. The Morgan fingerprint density at radius 1 is 0.562 bits per heavy atom. The number of carbonyl (C=O) groups is 4. The van der Waals surface area contributed by atoms with Crippen molar-refractivity contribution >= 4 is 23.9 Å². The van der Waals surface area contributed by atoms with E-state index in [0.717, 1.165) is 25.7 Å². The summed E-state index contributed by atoms with van der Waals surface area (Å²) < 4.78 is 19.8. The summed E-state index contributed by atoms with van der Waals surface area (Å²) in [5.74, 6) is -1.81. The van der Waals surface area contributed by atoms with Gasteiger partial charge in [-0.2, -0.15) is 0 Å². The number of hydrogen-bond donors (Lipinski definition) is 2. The van der Waals surface area contributed by atoms with Gasteiger partial charge in [0.05, 0.1) is 39.3 Å². The van der Waals surface area contributed by atoms with Crippen LogP contribution in [0.4, 0.5) is 0 Å². The summed E-state index contributed by atoms with van der Waals surface area (Å²) >= 11 is 0. The van der Waals surface area contributed by atoms with Crippen LogP contribution in [0, 0.1) is 0 Å². The lowest BCUT2D eigenvalue weighted by atomic mass is 10.1. The molecule has 0 aromatic heterocycles. The molecular formula is C22H40N2O8. The van der Waals surface area contributed by atoms with Gasteiger partial charge >= 0.3 is 23.9 Å². The molecule has 0 aliphatic rings. The van der Waals surface area contributed by atoms with E-state index in [1.165, 1.54) is 0 Å². The highest BCUT2D eigenvalue weighted by Gasteiger charge is 2.24. The molecule has 186 valence electrons. The Bertz CT molecular complexity index is 508. The smallest absolute Gasteiger partial charge is 0.323 e. The van der Waals surface area contributed by atoms with Crippen molar-refractivity contribution < 1.29 is 38.1 Å². The third kappa shape index (κ3) is 14.7. The maximum Gasteiger partial charge on any atom is 0.323 e. The van der Waals surface area contributed by atoms with Crippen molar-refractivity contribution in [2.45, 2.75) is 78.3 Å². The number of carbonyl (C=O) groups excluding carboxylic acids is 4. The lowest BCUT2D eigenvalue weighted by Gasteiger charge is -2.17. The van der Waals surface area contributed by atoms with Gasteiger partial charge in [0.15, 0.2) is 0 Å². The molecule has 32 heavy (non-hydrogen) atoms. The first-order valence-corrected chi connectivity index (χ1v) is 11.5. The van der Waals surface area contributed by atoms with Crippen molar-refractivity contribution in [3.63, 3.8) is 0 Å². The van der Waals surface area contributed by atoms with E-state index in [0.29, 0.717) is 13.1 Å². The Hall–Kier alpha value is -2.20. The van der Waals surface area contributed by atoms with Crippen molar-refractivity contribution in [3.8, 4) is 0 Å². The first-order chi connectivity index (χ1) is 15.4. The third-order valence-electron chi connectivity index (χ3n) is 4.38. The molecule has 0 saturated carbocycles. The van der Waals surface area contributed by atoms with E-state index in [9.17, 15) is 19.2 Å². The molecule has 0 heterocycles. The molecule has 2 atom stereocenters. The van der Waals surface area contributed by atoms with Crippen LogP contribution in [-0.2, 0) is 38.1 Å². The topological polar surface area (TPSA) is 129 Å². The summed E-state index contributed by atoms with van der Waals surface area (Å²) in [5, 5.41) is 6.12. The number of rotatable bonds is 19. The summed E-state index contributed by atoms with van der Waals surface area (Å²) in [5.41, 5.74) is 0. The summed E-state index contributed by atoms with van der Waals surface area (Å²) in [4.78, 5) is 47.4. The summed E-state index contributed by atoms with van der Waals surface area (Å²) in [6, 6.07) is -1.44. The van der Waals surface area contributed by atoms with Crippen LogP contribution >= 0.6 is 0 Å². The van der Waals surface area contributed by atoms with E-state index in [2.05, 4.69) is 10.6 Å². The van der Waals surface area contributed by atoms with Gasteiger partial charge in [-0.25, -0.2) is 0 Å². The van der Waals surface area contributed by atoms with E-state index < -0.39 is 36.0 Å². The number of unbranched alkanes of at least 4 members (excludes halogenated alkanes) is 3. The van der Waals surface area contributed by atoms with Gasteiger partial charge in [0, 0.05) is 0 Å². The fourth-order valence-corrected chi connectivity index (χ4v) is 2.89. The van der Waals surface area contributed by atoms with Crippen LogP contribution in [0.15, 0.2) is 0 Å². The molecule has 0 amide bonds. The van der Waals surface area contributed by atoms with E-state index in [1.807, 2.05) is 0 Å². The zero-order valence-corrected chi connectivity index (χ0v) is 19.9. The maximum absolute atomic E-state index is 12.0. The third-order valence-corrected chi connectivity index (χ3v) is 4.38. The Morgan fingerprint density at radius 2 is 0.906 bits per heavy atom. The minimum absolute atomic E-state index is 0.0632. The van der Waals surface area contributed by atoms with Crippen LogP contribution < -0.4 is 10.6 Å². The first-order valence-electron chi connectivity index (χ1n) is 11.5. The van der Waals surface area contributed by atoms with Crippen LogP contribution in [0.2, 0.25) is 0 Å². The van der Waals surface area contributed by atoms with Crippen LogP contribution in [0.3, 0.4) is 0 Å². The SMILES string of the molecule is CCOC(=O)CC(NCCCCCCNC(CC(=O)OCC)C(=O)OCC)C(=O)OCC. The van der Waals surface area contributed by atoms with Crippen molar-refractivity contribution in [1.82, 2.24) is 10.6 Å². The highest BCUT2D eigenvalue weighted by atomic mass is 16.5. The quantitative estimate of drug-likeness (QED) is 0.166. The molecule has 2 N–H and O–H groups in total. The maximum atomic E-state index is 12.0. The van der Waals surface area contributed by atoms with Crippen LogP contribution in [-0.4, -0.2) is 75.5 Å². The van der Waals surface area contributed by atoms with Gasteiger partial charge < -0.3 is 29.6 Å². The Morgan fingerprint density at radius 3 is 1.22 bits per heavy atom. The Balaban J connectivity index is 4.21. The molecule has 0 aromatic rings. The van der Waals surface area contributed by atoms with Crippen LogP contribution in [0.25, 0.3) is 0 Å². The predicted molar refractivity (Wildman–Crippen MR) is 118 cm³/mol. The minimum atomic E-state index is -0.719. The molecule has 0 bridgehead atoms. The Kier molecular flexibility index (Phi) is 18.1. The monoisotopic (exact) mass is 460 g/mol. The van der Waals surface area contributed by atoms with E-state index in [4.69, 9.17) is 18.9 Å². The van der Waals surface area contributed by atoms with E-state index >= 15 is 0 Å². The van der Waals surface area contributed by atoms with Gasteiger partial charge in [-0.1, -0.05) is 12.8 Å². The number of ether oxygens (including phenoxy) is 4. The molecule has 0 rings (SSSR count). The summed E-state index contributed by atoms with van der Waals surface area (Å²) in [6.45, 7) is 9.00. The second-order valence-corrected chi connectivity index (χ2v) is 6.95. The average molecular weight is 461 g/mol. The molecule has 0 radical (unpaired) electrons. The lowest BCUT2D eigenvalue weighted by Crippen LogP contribution is -2.41. The zero-order chi connectivity index (χ0) is 24.2. The number of nitrogens with one attached hydrogen (secondary N) is 2. The molecule has 0 aliphatic carbocycles. The van der Waals surface area contributed by atoms with Crippen molar-refractivity contribution in [2.24, 2.45) is 0 Å². The average Bonchev–Trinajstić information content (AvgIpc) is 2.74. The van der Waals surface area contributed by atoms with E-state index in [-0.39, 0.29) is 39.3 Å². The summed E-state index contributed by atoms with van der Waals surface area (Å²) in [7, 11) is 0. The highest BCUT2D eigenvalue weighted by molar-refractivity contribution is 5.83. The molecule has 0 aromatic carbocycles. The normalized spacial score (nSPS) is 12.5. The van der Waals surface area contributed by atoms with Gasteiger partial charge in [-0.3, -0.25) is 19.2 Å². The van der Waals surface area contributed by atoms with Crippen LogP contribution in [0.5, 0.6) is 0 Å². The molecule has 10 heteroatoms. The Labute approximate surface area is 191 Å². The fourth-order valence-electron chi connectivity index (χ4n) is 2.89. The van der Waals surface area contributed by atoms with Crippen LogP contribution in [0.1, 0.15) is 66.2 Å². The number of hydrogen-bond acceptors (Lipinski definition) is 10. The second-order valence-electron chi connectivity index (χ2n) is 6.95. The van der Waals surface area contributed by atoms with Gasteiger partial charge in [0.25, 0.3) is 0 Å². The zero-order valence-electron chi connectivity index (χ0n) is 19.9. The second kappa shape index (κ2) is 19.5. The predicted octanol–water partition coefficient (Wildman–Crippen LogP) is 1.50. The van der Waals surface area contributed by atoms with Gasteiger partial charge in [-0.15, -0.1) is 0 Å². The minimum Gasteiger partial charge on any atom is -0.466 e. The molecule has 0 spiro atoms. The molecular weight excluding hydrogens is 420 g/mol. The molecule has 0 saturated heterocycles. The van der Waals surface area contributed by atoms with E-state index in [1.54, 1.807) is 27.7 Å². The van der Waals surface area contributed by atoms with Gasteiger partial charge in [0.1, 0.15) is 12.1 Å². The summed E-state index contributed by atoms with van der Waals surface area (Å²) in [6.07, 6.45) is 3.28. The molecule has 2 unspecified atom stereocenters. The highest BCUT2D eigenvalue weighted by Crippen LogP contribution is 2.04.